The van der Waals surface area contributed by atoms with Crippen molar-refractivity contribution in [3.05, 3.63) is 96.6 Å². The van der Waals surface area contributed by atoms with Gasteiger partial charge in [0, 0.05) is 0 Å². The van der Waals surface area contributed by atoms with Crippen LogP contribution in [-0.4, -0.2) is 0 Å². The highest BCUT2D eigenvalue weighted by molar-refractivity contribution is 5.55. The van der Waals surface area contributed by atoms with Gasteiger partial charge in [-0.05, 0) is 40.3 Å². The third-order valence-corrected chi connectivity index (χ3v) is 3.84. The molecule has 0 spiro atoms. The molecule has 0 aromatic heterocycles. The van der Waals surface area contributed by atoms with Crippen LogP contribution in [0.25, 0.3) is 0 Å². The quantitative estimate of drug-likeness (QED) is 0.682. The molecule has 4 nitrogen and oxygen atoms in total. The Morgan fingerprint density at radius 3 is 1.35 bits per heavy atom. The lowest BCUT2D eigenvalue weighted by atomic mass is 10.1. The Morgan fingerprint density at radius 2 is 0.913 bits per heavy atom. The van der Waals surface area contributed by atoms with Crippen molar-refractivity contribution in [1.29, 1.82) is 0 Å². The fourth-order valence-corrected chi connectivity index (χ4v) is 2.74. The predicted octanol–water partition coefficient (Wildman–Crippen LogP) is 4.99. The average molecular weight is 300 g/mol. The third-order valence-electron chi connectivity index (χ3n) is 3.84. The van der Waals surface area contributed by atoms with Crippen molar-refractivity contribution in [3.8, 4) is 0 Å². The highest BCUT2D eigenvalue weighted by Gasteiger charge is 2.33. The summed E-state index contributed by atoms with van der Waals surface area (Å²) in [6.45, 7) is 0. The maximum atomic E-state index is 4.41. The van der Waals surface area contributed by atoms with E-state index in [9.17, 15) is 0 Å². The first-order valence-electron chi connectivity index (χ1n) is 7.58. The summed E-state index contributed by atoms with van der Waals surface area (Å²) >= 11 is 0. The molecule has 0 atom stereocenters. The fourth-order valence-electron chi connectivity index (χ4n) is 2.74. The first-order valence-corrected chi connectivity index (χ1v) is 7.58. The fraction of sp³-hybridized carbons (Fsp3) is 0.0526. The SMILES string of the molecule is c1ccc(C2N(c3ccccc3)N=NN2c2ccccc2)cc1. The summed E-state index contributed by atoms with van der Waals surface area (Å²) in [4.78, 5) is 0. The van der Waals surface area contributed by atoms with E-state index in [4.69, 9.17) is 0 Å². The number of anilines is 2. The minimum Gasteiger partial charge on any atom is -0.216 e. The van der Waals surface area contributed by atoms with Gasteiger partial charge in [0.25, 0.3) is 0 Å². The van der Waals surface area contributed by atoms with E-state index in [1.807, 2.05) is 88.9 Å². The molecule has 0 unspecified atom stereocenters. The van der Waals surface area contributed by atoms with Gasteiger partial charge in [-0.2, -0.15) is 0 Å². The second-order valence-corrected chi connectivity index (χ2v) is 5.32. The molecule has 0 amide bonds. The molecule has 4 heteroatoms. The number of hydrogen-bond acceptors (Lipinski definition) is 4. The lowest BCUT2D eigenvalue weighted by Crippen LogP contribution is -2.30. The molecule has 0 N–H and O–H groups in total. The second kappa shape index (κ2) is 5.93. The van der Waals surface area contributed by atoms with E-state index in [0.717, 1.165) is 16.9 Å². The zero-order chi connectivity index (χ0) is 15.5. The molecule has 3 aromatic rings. The van der Waals surface area contributed by atoms with Crippen LogP contribution in [0.15, 0.2) is 101 Å². The maximum absolute atomic E-state index is 4.41. The zero-order valence-corrected chi connectivity index (χ0v) is 12.5. The Balaban J connectivity index is 1.78. The van der Waals surface area contributed by atoms with Crippen LogP contribution in [0.4, 0.5) is 11.4 Å². The van der Waals surface area contributed by atoms with Crippen LogP contribution in [0.1, 0.15) is 11.7 Å². The molecular weight excluding hydrogens is 284 g/mol. The van der Waals surface area contributed by atoms with E-state index in [-0.39, 0.29) is 6.17 Å². The second-order valence-electron chi connectivity index (χ2n) is 5.32. The largest absolute Gasteiger partial charge is 0.216 e. The van der Waals surface area contributed by atoms with Gasteiger partial charge in [-0.3, -0.25) is 0 Å². The summed E-state index contributed by atoms with van der Waals surface area (Å²) < 4.78 is 0. The minimum absolute atomic E-state index is 0.0963. The first kappa shape index (κ1) is 13.5. The molecule has 0 saturated carbocycles. The van der Waals surface area contributed by atoms with Crippen molar-refractivity contribution in [2.45, 2.75) is 6.17 Å². The first-order chi connectivity index (χ1) is 11.4. The highest BCUT2D eigenvalue weighted by Crippen LogP contribution is 2.38. The molecule has 0 radical (unpaired) electrons. The standard InChI is InChI=1S/C19H16N4/c1-4-10-16(11-5-1)19-22(17-12-6-2-7-13-17)20-21-23(19)18-14-8-3-9-15-18/h1-15,19H. The smallest absolute Gasteiger partial charge is 0.173 e. The van der Waals surface area contributed by atoms with Crippen LogP contribution >= 0.6 is 0 Å². The van der Waals surface area contributed by atoms with Crippen LogP contribution in [0.2, 0.25) is 0 Å². The van der Waals surface area contributed by atoms with Crippen molar-refractivity contribution in [1.82, 2.24) is 0 Å². The van der Waals surface area contributed by atoms with Crippen molar-refractivity contribution in [3.63, 3.8) is 0 Å². The van der Waals surface area contributed by atoms with Crippen LogP contribution < -0.4 is 10.0 Å². The van der Waals surface area contributed by atoms with Gasteiger partial charge >= 0.3 is 0 Å². The topological polar surface area (TPSA) is 31.2 Å². The monoisotopic (exact) mass is 300 g/mol. The van der Waals surface area contributed by atoms with E-state index in [1.54, 1.807) is 0 Å². The van der Waals surface area contributed by atoms with Gasteiger partial charge in [0.2, 0.25) is 0 Å². The number of para-hydroxylation sites is 2. The Bertz CT molecular complexity index is 738. The lowest BCUT2D eigenvalue weighted by molar-refractivity contribution is 0.684. The summed E-state index contributed by atoms with van der Waals surface area (Å²) in [6.07, 6.45) is -0.0963. The van der Waals surface area contributed by atoms with Crippen LogP contribution in [0, 0.1) is 0 Å². The Morgan fingerprint density at radius 1 is 0.522 bits per heavy atom. The molecular formula is C19H16N4. The van der Waals surface area contributed by atoms with E-state index >= 15 is 0 Å². The Labute approximate surface area is 135 Å². The van der Waals surface area contributed by atoms with Crippen molar-refractivity contribution in [2.75, 3.05) is 10.0 Å². The van der Waals surface area contributed by atoms with Gasteiger partial charge in [-0.15, -0.1) is 0 Å². The summed E-state index contributed by atoms with van der Waals surface area (Å²) in [7, 11) is 0. The number of nitrogens with zero attached hydrogens (tertiary/aromatic N) is 4. The van der Waals surface area contributed by atoms with E-state index in [2.05, 4.69) is 22.6 Å². The zero-order valence-electron chi connectivity index (χ0n) is 12.5. The molecule has 0 fully saturated rings. The molecule has 0 aliphatic carbocycles. The molecule has 0 saturated heterocycles. The van der Waals surface area contributed by atoms with E-state index < -0.39 is 0 Å². The van der Waals surface area contributed by atoms with Gasteiger partial charge in [-0.1, -0.05) is 66.7 Å². The maximum Gasteiger partial charge on any atom is 0.173 e. The van der Waals surface area contributed by atoms with Gasteiger partial charge in [0.05, 0.1) is 11.4 Å². The van der Waals surface area contributed by atoms with Gasteiger partial charge < -0.3 is 0 Å². The molecule has 0 bridgehead atoms. The van der Waals surface area contributed by atoms with Crippen LogP contribution in [-0.2, 0) is 0 Å². The molecule has 1 heterocycles. The number of hydrogen-bond donors (Lipinski definition) is 0. The molecule has 1 aliphatic heterocycles. The summed E-state index contributed by atoms with van der Waals surface area (Å²) in [5.74, 6) is 0. The summed E-state index contributed by atoms with van der Waals surface area (Å²) in [5.41, 5.74) is 3.18. The summed E-state index contributed by atoms with van der Waals surface area (Å²) in [5, 5.41) is 12.7. The molecule has 3 aromatic carbocycles. The normalized spacial score (nSPS) is 14.4. The number of benzene rings is 3. The van der Waals surface area contributed by atoms with Gasteiger partial charge in [0.15, 0.2) is 6.17 Å². The van der Waals surface area contributed by atoms with Gasteiger partial charge in [0.1, 0.15) is 0 Å². The average Bonchev–Trinajstić information content (AvgIpc) is 3.09. The molecule has 4 rings (SSSR count). The predicted molar refractivity (Wildman–Crippen MR) is 91.9 cm³/mol. The van der Waals surface area contributed by atoms with Crippen molar-refractivity contribution in [2.24, 2.45) is 10.4 Å². The minimum atomic E-state index is -0.0963. The molecule has 1 aliphatic rings. The van der Waals surface area contributed by atoms with Crippen LogP contribution in [0.5, 0.6) is 0 Å². The molecule has 23 heavy (non-hydrogen) atoms. The van der Waals surface area contributed by atoms with Crippen molar-refractivity contribution >= 4 is 11.4 Å². The van der Waals surface area contributed by atoms with Crippen molar-refractivity contribution < 1.29 is 0 Å². The van der Waals surface area contributed by atoms with Gasteiger partial charge in [-0.25, -0.2) is 10.0 Å². The van der Waals surface area contributed by atoms with E-state index in [1.165, 1.54) is 0 Å². The summed E-state index contributed by atoms with van der Waals surface area (Å²) in [6, 6.07) is 30.5. The highest BCUT2D eigenvalue weighted by atomic mass is 15.8. The third kappa shape index (κ3) is 2.55. The Kier molecular flexibility index (Phi) is 3.48. The Hall–Kier alpha value is -3.14. The molecule has 112 valence electrons. The van der Waals surface area contributed by atoms with Crippen LogP contribution in [0.3, 0.4) is 0 Å². The lowest BCUT2D eigenvalue weighted by Gasteiger charge is -2.28. The number of rotatable bonds is 3. The van der Waals surface area contributed by atoms with E-state index in [0.29, 0.717) is 0 Å².